The van der Waals surface area contributed by atoms with Gasteiger partial charge in [0.2, 0.25) is 5.82 Å². The van der Waals surface area contributed by atoms with Gasteiger partial charge in [-0.2, -0.15) is 0 Å². The van der Waals surface area contributed by atoms with Gasteiger partial charge in [0, 0.05) is 0 Å². The predicted molar refractivity (Wildman–Crippen MR) is 42.0 cm³/mol. The van der Waals surface area contributed by atoms with Gasteiger partial charge in [-0.1, -0.05) is 5.92 Å². The monoisotopic (exact) mass is 221 g/mol. The molecule has 1 nitrogen and oxygen atoms in total. The van der Waals surface area contributed by atoms with E-state index in [9.17, 15) is 22.0 Å². The van der Waals surface area contributed by atoms with Crippen molar-refractivity contribution in [3.05, 3.63) is 34.6 Å². The van der Waals surface area contributed by atoms with Crippen LogP contribution in [0.5, 0.6) is 0 Å². The molecule has 1 unspecified atom stereocenters. The van der Waals surface area contributed by atoms with Crippen molar-refractivity contribution in [2.24, 2.45) is 5.73 Å². The van der Waals surface area contributed by atoms with Crippen LogP contribution in [0.15, 0.2) is 0 Å². The molecule has 0 fully saturated rings. The van der Waals surface area contributed by atoms with Gasteiger partial charge in [0.1, 0.15) is 0 Å². The van der Waals surface area contributed by atoms with Crippen LogP contribution in [0.2, 0.25) is 0 Å². The normalized spacial score (nSPS) is 12.3. The van der Waals surface area contributed by atoms with Crippen LogP contribution >= 0.6 is 0 Å². The van der Waals surface area contributed by atoms with Crippen LogP contribution in [0.4, 0.5) is 22.0 Å². The number of nitrogens with two attached hydrogens (primary N) is 1. The van der Waals surface area contributed by atoms with Crippen LogP contribution in [-0.4, -0.2) is 0 Å². The quantitative estimate of drug-likeness (QED) is 0.334. The van der Waals surface area contributed by atoms with E-state index in [1.165, 1.54) is 0 Å². The highest BCUT2D eigenvalue weighted by atomic mass is 19.2. The number of rotatable bonds is 1. The Morgan fingerprint density at radius 1 is 0.867 bits per heavy atom. The first-order valence-corrected chi connectivity index (χ1v) is 3.64. The van der Waals surface area contributed by atoms with Crippen LogP contribution in [0, 0.1) is 41.4 Å². The fraction of sp³-hybridized carbons (Fsp3) is 0.111. The third kappa shape index (κ3) is 1.66. The molecule has 0 saturated heterocycles. The van der Waals surface area contributed by atoms with Crippen molar-refractivity contribution in [1.82, 2.24) is 0 Å². The van der Waals surface area contributed by atoms with E-state index in [0.717, 1.165) is 0 Å². The molecule has 1 atom stereocenters. The van der Waals surface area contributed by atoms with Gasteiger partial charge in [-0.05, 0) is 0 Å². The maximum Gasteiger partial charge on any atom is 0.200 e. The number of hydrogen-bond acceptors (Lipinski definition) is 1. The van der Waals surface area contributed by atoms with E-state index < -0.39 is 40.7 Å². The Bertz CT molecular complexity index is 420. The highest BCUT2D eigenvalue weighted by Gasteiger charge is 2.27. The molecule has 0 radical (unpaired) electrons. The summed E-state index contributed by atoms with van der Waals surface area (Å²) >= 11 is 0. The highest BCUT2D eigenvalue weighted by molar-refractivity contribution is 5.30. The molecule has 0 bridgehead atoms. The van der Waals surface area contributed by atoms with Crippen LogP contribution in [0.1, 0.15) is 11.6 Å². The van der Waals surface area contributed by atoms with Crippen molar-refractivity contribution in [3.8, 4) is 12.3 Å². The molecule has 0 heterocycles. The summed E-state index contributed by atoms with van der Waals surface area (Å²) in [6.45, 7) is 0. The minimum Gasteiger partial charge on any atom is -0.314 e. The first-order chi connectivity index (χ1) is 6.91. The molecule has 80 valence electrons. The molecule has 2 N–H and O–H groups in total. The van der Waals surface area contributed by atoms with Gasteiger partial charge >= 0.3 is 0 Å². The molecule has 0 saturated carbocycles. The second-order valence-corrected chi connectivity index (χ2v) is 2.63. The molecule has 6 heteroatoms. The zero-order valence-electron chi connectivity index (χ0n) is 7.12. The Balaban J connectivity index is 3.61. The van der Waals surface area contributed by atoms with Crippen molar-refractivity contribution < 1.29 is 22.0 Å². The smallest absolute Gasteiger partial charge is 0.200 e. The fourth-order valence-corrected chi connectivity index (χ4v) is 0.978. The lowest BCUT2D eigenvalue weighted by molar-refractivity contribution is 0.368. The van der Waals surface area contributed by atoms with Gasteiger partial charge in [-0.3, -0.25) is 0 Å². The number of terminal acetylenes is 1. The summed E-state index contributed by atoms with van der Waals surface area (Å²) in [4.78, 5) is 0. The second kappa shape index (κ2) is 3.87. The molecule has 15 heavy (non-hydrogen) atoms. The average Bonchev–Trinajstić information content (AvgIpc) is 2.23. The molecule has 0 spiro atoms. The van der Waals surface area contributed by atoms with Gasteiger partial charge < -0.3 is 5.73 Å². The van der Waals surface area contributed by atoms with E-state index in [1.807, 2.05) is 0 Å². The lowest BCUT2D eigenvalue weighted by Crippen LogP contribution is -2.16. The summed E-state index contributed by atoms with van der Waals surface area (Å²) in [5, 5.41) is 0. The third-order valence-corrected chi connectivity index (χ3v) is 1.73. The largest absolute Gasteiger partial charge is 0.314 e. The molecule has 1 rings (SSSR count). The summed E-state index contributed by atoms with van der Waals surface area (Å²) in [6.07, 6.45) is 4.73. The van der Waals surface area contributed by atoms with Crippen LogP contribution < -0.4 is 5.73 Å². The van der Waals surface area contributed by atoms with E-state index >= 15 is 0 Å². The van der Waals surface area contributed by atoms with Gasteiger partial charge in [0.05, 0.1) is 11.6 Å². The van der Waals surface area contributed by atoms with E-state index in [4.69, 9.17) is 12.2 Å². The Kier molecular flexibility index (Phi) is 2.95. The summed E-state index contributed by atoms with van der Waals surface area (Å²) in [5.41, 5.74) is 3.81. The molecule has 0 aliphatic carbocycles. The highest BCUT2D eigenvalue weighted by Crippen LogP contribution is 2.26. The Morgan fingerprint density at radius 3 is 1.53 bits per heavy atom. The predicted octanol–water partition coefficient (Wildman–Crippen LogP) is 2.02. The van der Waals surface area contributed by atoms with E-state index in [-0.39, 0.29) is 0 Å². The van der Waals surface area contributed by atoms with Gasteiger partial charge in [-0.15, -0.1) is 6.42 Å². The van der Waals surface area contributed by atoms with Gasteiger partial charge in [0.25, 0.3) is 0 Å². The molecule has 0 aromatic heterocycles. The maximum absolute atomic E-state index is 12.9. The molecule has 0 aliphatic heterocycles. The van der Waals surface area contributed by atoms with Crippen molar-refractivity contribution in [2.75, 3.05) is 0 Å². The minimum absolute atomic E-state index is 1.20. The van der Waals surface area contributed by atoms with Crippen molar-refractivity contribution in [3.63, 3.8) is 0 Å². The zero-order valence-corrected chi connectivity index (χ0v) is 7.12. The second-order valence-electron chi connectivity index (χ2n) is 2.63. The minimum atomic E-state index is -2.24. The lowest BCUT2D eigenvalue weighted by Gasteiger charge is -2.09. The standard InChI is InChI=1S/C9H4F5N/c1-2-3(15)4-5(10)7(12)9(14)8(13)6(4)11/h1,3H,15H2. The fourth-order valence-electron chi connectivity index (χ4n) is 0.978. The van der Waals surface area contributed by atoms with E-state index in [1.54, 1.807) is 5.92 Å². The average molecular weight is 221 g/mol. The van der Waals surface area contributed by atoms with Crippen LogP contribution in [0.25, 0.3) is 0 Å². The first-order valence-electron chi connectivity index (χ1n) is 3.64. The van der Waals surface area contributed by atoms with Crippen molar-refractivity contribution in [1.29, 1.82) is 0 Å². The molecule has 1 aromatic carbocycles. The summed E-state index contributed by atoms with van der Waals surface area (Å²) < 4.78 is 63.7. The van der Waals surface area contributed by atoms with Crippen LogP contribution in [0.3, 0.4) is 0 Å². The molecule has 1 aromatic rings. The van der Waals surface area contributed by atoms with E-state index in [0.29, 0.717) is 0 Å². The summed E-state index contributed by atoms with van der Waals surface area (Å²) in [7, 11) is 0. The van der Waals surface area contributed by atoms with Crippen molar-refractivity contribution >= 4 is 0 Å². The first kappa shape index (κ1) is 11.5. The topological polar surface area (TPSA) is 26.0 Å². The SMILES string of the molecule is C#CC(N)c1c(F)c(F)c(F)c(F)c1F. The molecule has 0 amide bonds. The summed E-state index contributed by atoms with van der Waals surface area (Å²) in [6, 6.07) is -1.69. The van der Waals surface area contributed by atoms with Crippen LogP contribution in [-0.2, 0) is 0 Å². The Hall–Kier alpha value is -1.61. The Labute approximate surface area is 81.7 Å². The molecule has 0 aliphatic rings. The maximum atomic E-state index is 12.9. The lowest BCUT2D eigenvalue weighted by atomic mass is 10.1. The number of benzene rings is 1. The number of halogens is 5. The van der Waals surface area contributed by atoms with Crippen molar-refractivity contribution in [2.45, 2.75) is 6.04 Å². The van der Waals surface area contributed by atoms with Gasteiger partial charge in [0.15, 0.2) is 23.3 Å². The zero-order chi connectivity index (χ0) is 11.7. The molecular formula is C9H4F5N. The van der Waals surface area contributed by atoms with Gasteiger partial charge in [-0.25, -0.2) is 22.0 Å². The summed E-state index contributed by atoms with van der Waals surface area (Å²) in [5.74, 6) is -8.69. The Morgan fingerprint density at radius 2 is 1.20 bits per heavy atom. The molecular weight excluding hydrogens is 217 g/mol. The van der Waals surface area contributed by atoms with E-state index in [2.05, 4.69) is 0 Å². The number of hydrogen-bond donors (Lipinski definition) is 1. The third-order valence-electron chi connectivity index (χ3n) is 1.73.